The number of anilines is 3. The van der Waals surface area contributed by atoms with E-state index >= 15 is 0 Å². The monoisotopic (exact) mass is 579 g/mol. The molecule has 41 heavy (non-hydrogen) atoms. The van der Waals surface area contributed by atoms with Crippen molar-refractivity contribution in [3.8, 4) is 11.1 Å². The molecule has 5 rings (SSSR count). The van der Waals surface area contributed by atoms with Crippen molar-refractivity contribution in [2.75, 3.05) is 42.7 Å². The van der Waals surface area contributed by atoms with Crippen molar-refractivity contribution >= 4 is 28.7 Å². The van der Waals surface area contributed by atoms with Crippen molar-refractivity contribution in [3.63, 3.8) is 0 Å². The highest BCUT2D eigenvalue weighted by molar-refractivity contribution is 6.00. The number of benzene rings is 2. The summed E-state index contributed by atoms with van der Waals surface area (Å²) in [6.45, 7) is 2.23. The minimum Gasteiger partial charge on any atom is -0.382 e. The van der Waals surface area contributed by atoms with Gasteiger partial charge in [0.25, 0.3) is 6.43 Å². The number of hydrogen-bond acceptors (Lipinski definition) is 6. The maximum Gasteiger partial charge on any atom is 0.416 e. The molecule has 0 aliphatic carbocycles. The number of aromatic nitrogens is 3. The van der Waals surface area contributed by atoms with Crippen molar-refractivity contribution in [1.82, 2.24) is 19.5 Å². The maximum absolute atomic E-state index is 14.6. The summed E-state index contributed by atoms with van der Waals surface area (Å²) in [6.07, 6.45) is -6.43. The Hall–Kier alpha value is -4.37. The van der Waals surface area contributed by atoms with Gasteiger partial charge >= 0.3 is 12.2 Å². The van der Waals surface area contributed by atoms with E-state index in [1.807, 2.05) is 10.2 Å². The first-order valence-electron chi connectivity index (χ1n) is 12.3. The molecule has 1 fully saturated rings. The first-order valence-corrected chi connectivity index (χ1v) is 12.3. The standard InChI is InChI=1S/C26H23F6N7O2/c27-17-6-3-15(26(30,31)32)11-18(17)37-25(40)36-16-4-1-14(2-5-16)20-21(23(28)29)19(12-38-7-9-41-10-8-38)39-22(20)24(33)34-13-35-39/h1-6,11,13,23H,7-10,12H2,(H2,33,34,35)(H2,36,37,40). The second-order valence-corrected chi connectivity index (χ2v) is 9.18. The predicted molar refractivity (Wildman–Crippen MR) is 138 cm³/mol. The molecular weight excluding hydrogens is 556 g/mol. The van der Waals surface area contributed by atoms with Gasteiger partial charge in [-0.1, -0.05) is 12.1 Å². The molecule has 3 heterocycles. The van der Waals surface area contributed by atoms with Gasteiger partial charge in [-0.15, -0.1) is 0 Å². The molecule has 1 saturated heterocycles. The quantitative estimate of drug-likeness (QED) is 0.259. The Bertz CT molecular complexity index is 1570. The van der Waals surface area contributed by atoms with E-state index in [9.17, 15) is 31.1 Å². The van der Waals surface area contributed by atoms with E-state index in [4.69, 9.17) is 10.5 Å². The van der Waals surface area contributed by atoms with Crippen LogP contribution in [0.15, 0.2) is 48.8 Å². The Morgan fingerprint density at radius 1 is 1.07 bits per heavy atom. The highest BCUT2D eigenvalue weighted by atomic mass is 19.4. The summed E-state index contributed by atoms with van der Waals surface area (Å²) in [6, 6.07) is 6.35. The van der Waals surface area contributed by atoms with Crippen LogP contribution in [0.2, 0.25) is 0 Å². The number of nitrogens with one attached hydrogen (secondary N) is 2. The Morgan fingerprint density at radius 3 is 2.44 bits per heavy atom. The molecule has 0 saturated carbocycles. The van der Waals surface area contributed by atoms with Crippen molar-refractivity contribution in [3.05, 3.63) is 71.4 Å². The van der Waals surface area contributed by atoms with Gasteiger partial charge in [-0.3, -0.25) is 4.90 Å². The minimum absolute atomic E-state index is 0.00480. The number of amides is 2. The fourth-order valence-corrected chi connectivity index (χ4v) is 4.64. The molecular formula is C26H23F6N7O2. The van der Waals surface area contributed by atoms with Crippen LogP contribution in [0.25, 0.3) is 16.6 Å². The van der Waals surface area contributed by atoms with Gasteiger partial charge in [-0.05, 0) is 35.9 Å². The third kappa shape index (κ3) is 5.90. The zero-order valence-corrected chi connectivity index (χ0v) is 21.2. The number of morpholine rings is 1. The van der Waals surface area contributed by atoms with Gasteiger partial charge in [-0.25, -0.2) is 27.5 Å². The number of carbonyl (C=O) groups is 1. The summed E-state index contributed by atoms with van der Waals surface area (Å²) in [5.74, 6) is -1.06. The molecule has 0 bridgehead atoms. The van der Waals surface area contributed by atoms with Crippen LogP contribution in [0.5, 0.6) is 0 Å². The molecule has 0 atom stereocenters. The average Bonchev–Trinajstić information content (AvgIpc) is 3.26. The molecule has 4 N–H and O–H groups in total. The number of ether oxygens (including phenoxy) is 1. The number of nitrogens with zero attached hydrogens (tertiary/aromatic N) is 4. The van der Waals surface area contributed by atoms with Gasteiger partial charge < -0.3 is 21.1 Å². The van der Waals surface area contributed by atoms with E-state index in [-0.39, 0.29) is 40.4 Å². The molecule has 1 aliphatic rings. The smallest absolute Gasteiger partial charge is 0.382 e. The number of carbonyl (C=O) groups excluding carboxylic acids is 1. The number of urea groups is 1. The van der Waals surface area contributed by atoms with Crippen LogP contribution in [0.1, 0.15) is 23.2 Å². The van der Waals surface area contributed by atoms with Crippen molar-refractivity contribution in [1.29, 1.82) is 0 Å². The molecule has 0 radical (unpaired) electrons. The van der Waals surface area contributed by atoms with Crippen LogP contribution in [0.4, 0.5) is 48.3 Å². The van der Waals surface area contributed by atoms with Gasteiger partial charge in [0.05, 0.1) is 35.7 Å². The predicted octanol–water partition coefficient (Wildman–Crippen LogP) is 5.55. The summed E-state index contributed by atoms with van der Waals surface area (Å²) in [5.41, 5.74) is 5.13. The minimum atomic E-state index is -4.73. The number of hydrogen-bond donors (Lipinski definition) is 3. The summed E-state index contributed by atoms with van der Waals surface area (Å²) < 4.78 is 88.8. The topological polar surface area (TPSA) is 110 Å². The first kappa shape index (κ1) is 28.2. The number of halogens is 6. The van der Waals surface area contributed by atoms with Gasteiger partial charge in [0.2, 0.25) is 0 Å². The molecule has 2 aromatic carbocycles. The molecule has 0 unspecified atom stereocenters. The number of fused-ring (bicyclic) bond motifs is 1. The highest BCUT2D eigenvalue weighted by Gasteiger charge is 2.32. The van der Waals surface area contributed by atoms with Gasteiger partial charge in [0, 0.05) is 30.9 Å². The molecule has 1 aliphatic heterocycles. The van der Waals surface area contributed by atoms with Crippen LogP contribution in [-0.2, 0) is 17.5 Å². The van der Waals surface area contributed by atoms with E-state index < -0.39 is 35.7 Å². The summed E-state index contributed by atoms with van der Waals surface area (Å²) in [7, 11) is 0. The van der Waals surface area contributed by atoms with E-state index in [1.54, 1.807) is 0 Å². The lowest BCUT2D eigenvalue weighted by Gasteiger charge is -2.26. The molecule has 216 valence electrons. The van der Waals surface area contributed by atoms with Gasteiger partial charge in [0.1, 0.15) is 17.7 Å². The Morgan fingerprint density at radius 2 is 1.78 bits per heavy atom. The van der Waals surface area contributed by atoms with Crippen molar-refractivity contribution < 1.29 is 35.9 Å². The summed E-state index contributed by atoms with van der Waals surface area (Å²) in [4.78, 5) is 18.3. The molecule has 2 amide bonds. The average molecular weight is 580 g/mol. The fraction of sp³-hybridized carbons (Fsp3) is 0.269. The molecule has 2 aromatic heterocycles. The Kier molecular flexibility index (Phi) is 7.73. The van der Waals surface area contributed by atoms with E-state index in [1.165, 1.54) is 35.1 Å². The van der Waals surface area contributed by atoms with Crippen molar-refractivity contribution in [2.24, 2.45) is 0 Å². The number of rotatable bonds is 6. The van der Waals surface area contributed by atoms with Crippen LogP contribution >= 0.6 is 0 Å². The molecule has 0 spiro atoms. The third-order valence-electron chi connectivity index (χ3n) is 6.56. The Labute approximate surface area is 228 Å². The lowest BCUT2D eigenvalue weighted by atomic mass is 10.0. The zero-order valence-electron chi connectivity index (χ0n) is 21.2. The van der Waals surface area contributed by atoms with E-state index in [2.05, 4.69) is 15.4 Å². The second-order valence-electron chi connectivity index (χ2n) is 9.18. The van der Waals surface area contributed by atoms with E-state index in [0.717, 1.165) is 0 Å². The Balaban J connectivity index is 1.43. The van der Waals surface area contributed by atoms with Crippen molar-refractivity contribution in [2.45, 2.75) is 19.1 Å². The molecule has 15 heteroatoms. The normalized spacial score (nSPS) is 14.5. The zero-order chi connectivity index (χ0) is 29.3. The third-order valence-corrected chi connectivity index (χ3v) is 6.56. The first-order chi connectivity index (χ1) is 19.5. The summed E-state index contributed by atoms with van der Waals surface area (Å²) >= 11 is 0. The number of nitrogen functional groups attached to an aromatic ring is 1. The maximum atomic E-state index is 14.6. The lowest BCUT2D eigenvalue weighted by Crippen LogP contribution is -2.36. The fourth-order valence-electron chi connectivity index (χ4n) is 4.64. The lowest BCUT2D eigenvalue weighted by molar-refractivity contribution is -0.137. The second kappa shape index (κ2) is 11.2. The highest BCUT2D eigenvalue weighted by Crippen LogP contribution is 2.41. The summed E-state index contributed by atoms with van der Waals surface area (Å²) in [5, 5.41) is 8.61. The molecule has 9 nitrogen and oxygen atoms in total. The largest absolute Gasteiger partial charge is 0.416 e. The van der Waals surface area contributed by atoms with Crippen LogP contribution in [0, 0.1) is 5.82 Å². The van der Waals surface area contributed by atoms with Gasteiger partial charge in [-0.2, -0.15) is 18.3 Å². The van der Waals surface area contributed by atoms with Crippen LogP contribution in [-0.4, -0.2) is 51.8 Å². The van der Waals surface area contributed by atoms with E-state index in [0.29, 0.717) is 50.1 Å². The number of nitrogens with two attached hydrogens (primary N) is 1. The SMILES string of the molecule is Nc1ncnn2c(CN3CCOCC3)c(C(F)F)c(-c3ccc(NC(=O)Nc4cc(C(F)(F)F)ccc4F)cc3)c12. The van der Waals surface area contributed by atoms with Crippen LogP contribution < -0.4 is 16.4 Å². The number of alkyl halides is 5. The van der Waals surface area contributed by atoms with Crippen LogP contribution in [0.3, 0.4) is 0 Å². The van der Waals surface area contributed by atoms with Gasteiger partial charge in [0.15, 0.2) is 5.82 Å². The molecule has 4 aromatic rings.